The Labute approximate surface area is 197 Å². The first-order valence-electron chi connectivity index (χ1n) is 11.4. The summed E-state index contributed by atoms with van der Waals surface area (Å²) in [5, 5.41) is 18.4. The second-order valence-electron chi connectivity index (χ2n) is 8.60. The number of anilines is 1. The monoisotopic (exact) mass is 453 g/mol. The normalized spacial score (nSPS) is 11.4. The Morgan fingerprint density at radius 3 is 2.53 bits per heavy atom. The molecule has 3 aromatic carbocycles. The molecule has 0 unspecified atom stereocenters. The van der Waals surface area contributed by atoms with Crippen molar-refractivity contribution in [3.8, 4) is 22.8 Å². The van der Waals surface area contributed by atoms with E-state index in [4.69, 9.17) is 5.73 Å². The molecular formula is C27H27N5O2. The van der Waals surface area contributed by atoms with E-state index < -0.39 is 0 Å². The average Bonchev–Trinajstić information content (AvgIpc) is 3.41. The van der Waals surface area contributed by atoms with E-state index in [1.807, 2.05) is 48.1 Å². The molecule has 0 saturated carbocycles. The Morgan fingerprint density at radius 1 is 1.00 bits per heavy atom. The van der Waals surface area contributed by atoms with Gasteiger partial charge in [0.15, 0.2) is 5.82 Å². The van der Waals surface area contributed by atoms with Crippen LogP contribution in [0.1, 0.15) is 23.6 Å². The van der Waals surface area contributed by atoms with Gasteiger partial charge in [0.2, 0.25) is 0 Å². The predicted octanol–water partition coefficient (Wildman–Crippen LogP) is 4.35. The van der Waals surface area contributed by atoms with Gasteiger partial charge < -0.3 is 15.4 Å². The summed E-state index contributed by atoms with van der Waals surface area (Å²) in [5.41, 5.74) is 11.9. The number of aromatic amines is 1. The SMILES string of the molecule is CCc1ccc(CCc2cc(-c3n[nH]c(=O)n3-c3ccc4c(ccn4C)c3)c(N)cc2O)cc1. The summed E-state index contributed by atoms with van der Waals surface area (Å²) in [5.74, 6) is 0.549. The van der Waals surface area contributed by atoms with E-state index in [1.165, 1.54) is 21.8 Å². The first-order valence-corrected chi connectivity index (χ1v) is 11.4. The largest absolute Gasteiger partial charge is 0.508 e. The van der Waals surface area contributed by atoms with Gasteiger partial charge in [0.05, 0.1) is 5.69 Å². The molecule has 0 aliphatic rings. The Morgan fingerprint density at radius 2 is 1.76 bits per heavy atom. The summed E-state index contributed by atoms with van der Waals surface area (Å²) in [4.78, 5) is 12.7. The summed E-state index contributed by atoms with van der Waals surface area (Å²) in [6.45, 7) is 2.13. The highest BCUT2D eigenvalue weighted by Crippen LogP contribution is 2.33. The molecule has 0 saturated heterocycles. The maximum atomic E-state index is 12.7. The number of hydrogen-bond acceptors (Lipinski definition) is 4. The van der Waals surface area contributed by atoms with Crippen LogP contribution in [0.2, 0.25) is 0 Å². The highest BCUT2D eigenvalue weighted by Gasteiger charge is 2.18. The fraction of sp³-hybridized carbons (Fsp3) is 0.185. The number of aryl methyl sites for hydroxylation is 4. The number of fused-ring (bicyclic) bond motifs is 1. The van der Waals surface area contributed by atoms with E-state index in [0.29, 0.717) is 29.2 Å². The molecule has 0 aliphatic heterocycles. The first-order chi connectivity index (χ1) is 16.4. The number of nitrogens with zero attached hydrogens (tertiary/aromatic N) is 3. The molecule has 4 N–H and O–H groups in total. The summed E-state index contributed by atoms with van der Waals surface area (Å²) in [6.07, 6.45) is 4.40. The van der Waals surface area contributed by atoms with Crippen LogP contribution in [-0.2, 0) is 26.3 Å². The van der Waals surface area contributed by atoms with E-state index in [0.717, 1.165) is 29.3 Å². The molecule has 2 heterocycles. The maximum absolute atomic E-state index is 12.7. The lowest BCUT2D eigenvalue weighted by Gasteiger charge is -2.12. The molecule has 172 valence electrons. The molecule has 0 bridgehead atoms. The molecule has 0 aliphatic carbocycles. The number of nitrogens with two attached hydrogens (primary N) is 1. The molecule has 2 aromatic heterocycles. The van der Waals surface area contributed by atoms with Gasteiger partial charge in [-0.3, -0.25) is 0 Å². The third kappa shape index (κ3) is 3.85. The molecule has 7 heteroatoms. The van der Waals surface area contributed by atoms with Crippen molar-refractivity contribution in [2.75, 3.05) is 5.73 Å². The van der Waals surface area contributed by atoms with E-state index in [-0.39, 0.29) is 11.4 Å². The quantitative estimate of drug-likeness (QED) is 0.333. The van der Waals surface area contributed by atoms with Crippen molar-refractivity contribution in [1.29, 1.82) is 0 Å². The molecule has 5 aromatic rings. The van der Waals surface area contributed by atoms with Gasteiger partial charge in [0.25, 0.3) is 0 Å². The van der Waals surface area contributed by atoms with Crippen molar-refractivity contribution >= 4 is 16.6 Å². The van der Waals surface area contributed by atoms with Gasteiger partial charge in [-0.1, -0.05) is 31.2 Å². The van der Waals surface area contributed by atoms with Crippen LogP contribution in [-0.4, -0.2) is 24.4 Å². The summed E-state index contributed by atoms with van der Waals surface area (Å²) >= 11 is 0. The predicted molar refractivity (Wildman–Crippen MR) is 135 cm³/mol. The zero-order chi connectivity index (χ0) is 23.8. The number of phenolic OH excluding ortho intramolecular Hbond substituents is 1. The zero-order valence-electron chi connectivity index (χ0n) is 19.2. The fourth-order valence-corrected chi connectivity index (χ4v) is 4.39. The molecular weight excluding hydrogens is 426 g/mol. The van der Waals surface area contributed by atoms with Crippen molar-refractivity contribution in [3.63, 3.8) is 0 Å². The lowest BCUT2D eigenvalue weighted by Crippen LogP contribution is -2.16. The van der Waals surface area contributed by atoms with Crippen LogP contribution in [0.5, 0.6) is 5.75 Å². The minimum Gasteiger partial charge on any atom is -0.508 e. The van der Waals surface area contributed by atoms with Crippen molar-refractivity contribution in [2.24, 2.45) is 7.05 Å². The standard InChI is InChI=1S/C27H27N5O2/c1-3-17-4-6-18(7-5-17)8-9-20-15-22(23(28)16-25(20)33)26-29-30-27(34)32(26)21-10-11-24-19(14-21)12-13-31(24)2/h4-7,10-16,33H,3,8-9,28H2,1-2H3,(H,30,34). The Bertz CT molecular complexity index is 1540. The van der Waals surface area contributed by atoms with Crippen molar-refractivity contribution < 1.29 is 5.11 Å². The minimum atomic E-state index is -0.352. The summed E-state index contributed by atoms with van der Waals surface area (Å²) in [6, 6.07) is 19.7. The number of nitrogens with one attached hydrogen (secondary N) is 1. The highest BCUT2D eigenvalue weighted by molar-refractivity contribution is 5.83. The van der Waals surface area contributed by atoms with Gasteiger partial charge in [-0.15, -0.1) is 0 Å². The molecule has 7 nitrogen and oxygen atoms in total. The van der Waals surface area contributed by atoms with E-state index in [9.17, 15) is 9.90 Å². The number of phenols is 1. The lowest BCUT2D eigenvalue weighted by atomic mass is 9.99. The first kappa shape index (κ1) is 21.6. The number of nitrogen functional groups attached to an aromatic ring is 1. The number of hydrogen-bond donors (Lipinski definition) is 3. The van der Waals surface area contributed by atoms with E-state index >= 15 is 0 Å². The smallest absolute Gasteiger partial charge is 0.348 e. The van der Waals surface area contributed by atoms with Crippen molar-refractivity contribution in [3.05, 3.63) is 94.0 Å². The maximum Gasteiger partial charge on any atom is 0.348 e. The zero-order valence-corrected chi connectivity index (χ0v) is 19.2. The second kappa shape index (κ2) is 8.59. The van der Waals surface area contributed by atoms with Gasteiger partial charge in [-0.05, 0) is 66.3 Å². The van der Waals surface area contributed by atoms with Gasteiger partial charge >= 0.3 is 5.69 Å². The number of benzene rings is 3. The minimum absolute atomic E-state index is 0.140. The van der Waals surface area contributed by atoms with E-state index in [1.54, 1.807) is 0 Å². The van der Waals surface area contributed by atoms with Gasteiger partial charge in [0.1, 0.15) is 5.75 Å². The van der Waals surface area contributed by atoms with Crippen LogP contribution in [0.4, 0.5) is 5.69 Å². The molecule has 0 spiro atoms. The van der Waals surface area contributed by atoms with Crippen LogP contribution in [0.15, 0.2) is 71.7 Å². The number of aromatic hydroxyl groups is 1. The third-order valence-electron chi connectivity index (χ3n) is 6.41. The van der Waals surface area contributed by atoms with Gasteiger partial charge in [-0.2, -0.15) is 5.10 Å². The molecule has 0 fully saturated rings. The number of H-pyrrole nitrogens is 1. The average molecular weight is 454 g/mol. The molecule has 34 heavy (non-hydrogen) atoms. The third-order valence-corrected chi connectivity index (χ3v) is 6.41. The molecule has 0 amide bonds. The molecule has 0 radical (unpaired) electrons. The van der Waals surface area contributed by atoms with Crippen molar-refractivity contribution in [2.45, 2.75) is 26.2 Å². The van der Waals surface area contributed by atoms with Gasteiger partial charge in [-0.25, -0.2) is 14.5 Å². The topological polar surface area (TPSA) is 102 Å². The lowest BCUT2D eigenvalue weighted by molar-refractivity contribution is 0.468. The Balaban J connectivity index is 1.52. The summed E-state index contributed by atoms with van der Waals surface area (Å²) in [7, 11) is 1.98. The van der Waals surface area contributed by atoms with Crippen LogP contribution >= 0.6 is 0 Å². The van der Waals surface area contributed by atoms with Crippen LogP contribution < -0.4 is 11.4 Å². The molecule has 0 atom stereocenters. The molecule has 5 rings (SSSR count). The number of rotatable bonds is 6. The summed E-state index contributed by atoms with van der Waals surface area (Å²) < 4.78 is 3.54. The number of aromatic nitrogens is 4. The van der Waals surface area contributed by atoms with Crippen molar-refractivity contribution in [1.82, 2.24) is 19.3 Å². The fourth-order valence-electron chi connectivity index (χ4n) is 4.39. The van der Waals surface area contributed by atoms with Crippen LogP contribution in [0.3, 0.4) is 0 Å². The Kier molecular flexibility index (Phi) is 5.45. The van der Waals surface area contributed by atoms with Gasteiger partial charge in [0, 0.05) is 41.5 Å². The highest BCUT2D eigenvalue weighted by atomic mass is 16.3. The van der Waals surface area contributed by atoms with Crippen LogP contribution in [0, 0.1) is 0 Å². The Hall–Kier alpha value is -4.26. The van der Waals surface area contributed by atoms with Crippen LogP contribution in [0.25, 0.3) is 28.0 Å². The second-order valence-corrected chi connectivity index (χ2v) is 8.60. The van der Waals surface area contributed by atoms with E-state index in [2.05, 4.69) is 41.4 Å².